The molecule has 0 saturated carbocycles. The molecule has 1 aromatic heterocycles. The maximum absolute atomic E-state index is 4.14. The Balaban J connectivity index is 2.82. The van der Waals surface area contributed by atoms with Gasteiger partial charge in [-0.15, -0.1) is 0 Å². The van der Waals surface area contributed by atoms with Crippen molar-refractivity contribution in [3.8, 4) is 0 Å². The van der Waals surface area contributed by atoms with Crippen LogP contribution in [0.5, 0.6) is 0 Å². The van der Waals surface area contributed by atoms with E-state index in [1.54, 1.807) is 0 Å². The van der Waals surface area contributed by atoms with Crippen molar-refractivity contribution in [2.75, 3.05) is 25.5 Å². The zero-order valence-electron chi connectivity index (χ0n) is 9.25. The van der Waals surface area contributed by atoms with Crippen LogP contribution in [-0.2, 0) is 6.54 Å². The van der Waals surface area contributed by atoms with Crippen LogP contribution in [0.2, 0.25) is 0 Å². The van der Waals surface area contributed by atoms with Crippen LogP contribution in [0.15, 0.2) is 18.5 Å². The summed E-state index contributed by atoms with van der Waals surface area (Å²) in [6, 6.07) is 2.07. The third kappa shape index (κ3) is 2.70. The van der Waals surface area contributed by atoms with Gasteiger partial charge >= 0.3 is 0 Å². The summed E-state index contributed by atoms with van der Waals surface area (Å²) >= 11 is 0. The van der Waals surface area contributed by atoms with Crippen LogP contribution in [-0.4, -0.2) is 25.6 Å². The minimum atomic E-state index is 0.872. The first kappa shape index (κ1) is 11.0. The molecule has 0 saturated heterocycles. The van der Waals surface area contributed by atoms with Crippen LogP contribution >= 0.6 is 0 Å². The molecule has 0 aliphatic heterocycles. The molecule has 78 valence electrons. The van der Waals surface area contributed by atoms with Crippen LogP contribution in [0, 0.1) is 0 Å². The standard InChI is InChI=1S/C11H19N3/c1-4-7-14(3)11-5-6-13-9-10(11)8-12-2/h5-6,9,12H,4,7-8H2,1-3H3. The van der Waals surface area contributed by atoms with Gasteiger partial charge in [-0.05, 0) is 19.5 Å². The predicted molar refractivity (Wildman–Crippen MR) is 60.6 cm³/mol. The summed E-state index contributed by atoms with van der Waals surface area (Å²) < 4.78 is 0. The molecule has 1 rings (SSSR count). The maximum Gasteiger partial charge on any atom is 0.0440 e. The van der Waals surface area contributed by atoms with E-state index in [1.165, 1.54) is 11.3 Å². The van der Waals surface area contributed by atoms with Crippen LogP contribution in [0.4, 0.5) is 5.69 Å². The number of hydrogen-bond donors (Lipinski definition) is 1. The van der Waals surface area contributed by atoms with Gasteiger partial charge in [0, 0.05) is 43.8 Å². The first-order chi connectivity index (χ1) is 6.79. The van der Waals surface area contributed by atoms with Crippen LogP contribution < -0.4 is 10.2 Å². The number of anilines is 1. The number of hydrogen-bond acceptors (Lipinski definition) is 3. The molecule has 14 heavy (non-hydrogen) atoms. The topological polar surface area (TPSA) is 28.2 Å². The van der Waals surface area contributed by atoms with E-state index in [0.717, 1.165) is 19.5 Å². The zero-order chi connectivity index (χ0) is 10.4. The minimum absolute atomic E-state index is 0.872. The highest BCUT2D eigenvalue weighted by atomic mass is 15.1. The van der Waals surface area contributed by atoms with E-state index in [2.05, 4.69) is 35.2 Å². The second-order valence-corrected chi connectivity index (χ2v) is 3.46. The molecule has 0 aliphatic carbocycles. The van der Waals surface area contributed by atoms with Gasteiger partial charge in [0.1, 0.15) is 0 Å². The summed E-state index contributed by atoms with van der Waals surface area (Å²) in [5, 5.41) is 3.15. The van der Waals surface area contributed by atoms with Crippen LogP contribution in [0.1, 0.15) is 18.9 Å². The molecule has 1 heterocycles. The van der Waals surface area contributed by atoms with Gasteiger partial charge in [0.2, 0.25) is 0 Å². The number of rotatable bonds is 5. The Hall–Kier alpha value is -1.09. The molecular weight excluding hydrogens is 174 g/mol. The van der Waals surface area contributed by atoms with Crippen molar-refractivity contribution in [1.29, 1.82) is 0 Å². The summed E-state index contributed by atoms with van der Waals surface area (Å²) in [5.41, 5.74) is 2.53. The van der Waals surface area contributed by atoms with Crippen molar-refractivity contribution in [3.63, 3.8) is 0 Å². The molecule has 0 atom stereocenters. The van der Waals surface area contributed by atoms with Crippen LogP contribution in [0.3, 0.4) is 0 Å². The van der Waals surface area contributed by atoms with Gasteiger partial charge in [0.05, 0.1) is 0 Å². The summed E-state index contributed by atoms with van der Waals surface area (Å²) in [5.74, 6) is 0. The van der Waals surface area contributed by atoms with Crippen molar-refractivity contribution in [1.82, 2.24) is 10.3 Å². The molecule has 0 spiro atoms. The lowest BCUT2D eigenvalue weighted by atomic mass is 10.2. The van der Waals surface area contributed by atoms with Gasteiger partial charge in [0.15, 0.2) is 0 Å². The first-order valence-corrected chi connectivity index (χ1v) is 5.08. The Bertz CT molecular complexity index is 273. The predicted octanol–water partition coefficient (Wildman–Crippen LogP) is 1.65. The number of aromatic nitrogens is 1. The van der Waals surface area contributed by atoms with E-state index < -0.39 is 0 Å². The molecule has 0 aromatic carbocycles. The molecular formula is C11H19N3. The van der Waals surface area contributed by atoms with E-state index >= 15 is 0 Å². The highest BCUT2D eigenvalue weighted by Gasteiger charge is 2.05. The largest absolute Gasteiger partial charge is 0.374 e. The van der Waals surface area contributed by atoms with E-state index in [1.807, 2.05) is 19.4 Å². The lowest BCUT2D eigenvalue weighted by Gasteiger charge is -2.21. The van der Waals surface area contributed by atoms with E-state index in [4.69, 9.17) is 0 Å². The number of nitrogens with zero attached hydrogens (tertiary/aromatic N) is 2. The highest BCUT2D eigenvalue weighted by Crippen LogP contribution is 2.17. The maximum atomic E-state index is 4.14. The molecule has 1 N–H and O–H groups in total. The van der Waals surface area contributed by atoms with Gasteiger partial charge in [-0.3, -0.25) is 4.98 Å². The Morgan fingerprint density at radius 2 is 2.29 bits per heavy atom. The smallest absolute Gasteiger partial charge is 0.0440 e. The molecule has 3 heteroatoms. The average Bonchev–Trinajstić information content (AvgIpc) is 2.19. The lowest BCUT2D eigenvalue weighted by Crippen LogP contribution is -2.20. The normalized spacial score (nSPS) is 10.2. The number of nitrogens with one attached hydrogen (secondary N) is 1. The van der Waals surface area contributed by atoms with Gasteiger partial charge in [-0.1, -0.05) is 6.92 Å². The van der Waals surface area contributed by atoms with E-state index in [0.29, 0.717) is 0 Å². The Kier molecular flexibility index (Phi) is 4.40. The number of pyridine rings is 1. The minimum Gasteiger partial charge on any atom is -0.374 e. The van der Waals surface area contributed by atoms with Crippen molar-refractivity contribution in [2.45, 2.75) is 19.9 Å². The third-order valence-corrected chi connectivity index (χ3v) is 2.22. The fraction of sp³-hybridized carbons (Fsp3) is 0.545. The molecule has 0 aliphatic rings. The molecule has 1 aromatic rings. The van der Waals surface area contributed by atoms with Gasteiger partial charge < -0.3 is 10.2 Å². The summed E-state index contributed by atoms with van der Waals surface area (Å²) in [6.07, 6.45) is 4.94. The van der Waals surface area contributed by atoms with E-state index in [9.17, 15) is 0 Å². The van der Waals surface area contributed by atoms with Gasteiger partial charge in [-0.25, -0.2) is 0 Å². The van der Waals surface area contributed by atoms with Crippen molar-refractivity contribution in [2.24, 2.45) is 0 Å². The fourth-order valence-corrected chi connectivity index (χ4v) is 1.57. The van der Waals surface area contributed by atoms with Crippen molar-refractivity contribution < 1.29 is 0 Å². The Morgan fingerprint density at radius 1 is 1.50 bits per heavy atom. The SMILES string of the molecule is CCCN(C)c1ccncc1CNC. The monoisotopic (exact) mass is 193 g/mol. The lowest BCUT2D eigenvalue weighted by molar-refractivity contribution is 0.792. The molecule has 0 unspecified atom stereocenters. The van der Waals surface area contributed by atoms with Crippen molar-refractivity contribution in [3.05, 3.63) is 24.0 Å². The Morgan fingerprint density at radius 3 is 2.93 bits per heavy atom. The summed E-state index contributed by atoms with van der Waals surface area (Å²) in [6.45, 7) is 4.15. The summed E-state index contributed by atoms with van der Waals surface area (Å²) in [4.78, 5) is 6.41. The van der Waals surface area contributed by atoms with Gasteiger partial charge in [0.25, 0.3) is 0 Å². The fourth-order valence-electron chi connectivity index (χ4n) is 1.57. The zero-order valence-corrected chi connectivity index (χ0v) is 9.25. The molecule has 0 fully saturated rings. The van der Waals surface area contributed by atoms with E-state index in [-0.39, 0.29) is 0 Å². The highest BCUT2D eigenvalue weighted by molar-refractivity contribution is 5.51. The average molecular weight is 193 g/mol. The molecule has 0 amide bonds. The molecule has 3 nitrogen and oxygen atoms in total. The first-order valence-electron chi connectivity index (χ1n) is 5.08. The Labute approximate surface area is 86.2 Å². The van der Waals surface area contributed by atoms with Crippen LogP contribution in [0.25, 0.3) is 0 Å². The van der Waals surface area contributed by atoms with Crippen molar-refractivity contribution >= 4 is 5.69 Å². The molecule has 0 radical (unpaired) electrons. The third-order valence-electron chi connectivity index (χ3n) is 2.22. The summed E-state index contributed by atoms with van der Waals surface area (Å²) in [7, 11) is 4.08. The van der Waals surface area contributed by atoms with Gasteiger partial charge in [-0.2, -0.15) is 0 Å². The molecule has 0 bridgehead atoms. The second-order valence-electron chi connectivity index (χ2n) is 3.46. The quantitative estimate of drug-likeness (QED) is 0.770. The second kappa shape index (κ2) is 5.60.